The number of nitro groups is 1. The molecule has 1 saturated heterocycles. The Balaban J connectivity index is 1.17. The minimum absolute atomic E-state index is 0.0407. The number of fused-ring (bicyclic) bond motifs is 1. The summed E-state index contributed by atoms with van der Waals surface area (Å²) in [5, 5.41) is 17.1. The van der Waals surface area contributed by atoms with Gasteiger partial charge in [0, 0.05) is 36.5 Å². The van der Waals surface area contributed by atoms with Gasteiger partial charge >= 0.3 is 0 Å². The van der Waals surface area contributed by atoms with E-state index >= 15 is 0 Å². The highest BCUT2D eigenvalue weighted by molar-refractivity contribution is 7.80. The zero-order valence-electron chi connectivity index (χ0n) is 22.3. The van der Waals surface area contributed by atoms with Gasteiger partial charge in [-0.1, -0.05) is 42.5 Å². The van der Waals surface area contributed by atoms with Gasteiger partial charge in [0.05, 0.1) is 29.4 Å². The monoisotopic (exact) mass is 579 g/mol. The van der Waals surface area contributed by atoms with Crippen LogP contribution in [0.2, 0.25) is 0 Å². The Bertz CT molecular complexity index is 1780. The molecule has 5 aromatic rings. The van der Waals surface area contributed by atoms with Gasteiger partial charge in [-0.05, 0) is 59.7 Å². The van der Waals surface area contributed by atoms with E-state index in [1.165, 1.54) is 12.1 Å². The van der Waals surface area contributed by atoms with Crippen molar-refractivity contribution in [3.63, 3.8) is 0 Å². The van der Waals surface area contributed by atoms with Crippen LogP contribution in [0, 0.1) is 10.1 Å². The fourth-order valence-corrected chi connectivity index (χ4v) is 5.01. The summed E-state index contributed by atoms with van der Waals surface area (Å²) in [5.41, 5.74) is 5.44. The van der Waals surface area contributed by atoms with Gasteiger partial charge < -0.3 is 19.4 Å². The molecule has 0 bridgehead atoms. The molecule has 0 spiro atoms. The summed E-state index contributed by atoms with van der Waals surface area (Å²) in [6.07, 6.45) is 0. The second-order valence-electron chi connectivity index (χ2n) is 9.61. The molecular weight excluding hydrogens is 554 g/mol. The van der Waals surface area contributed by atoms with Gasteiger partial charge in [-0.25, -0.2) is 4.98 Å². The van der Waals surface area contributed by atoms with Crippen LogP contribution in [-0.2, 0) is 4.74 Å². The number of amides is 1. The molecule has 4 aromatic carbocycles. The normalized spacial score (nSPS) is 13.1. The first-order valence-corrected chi connectivity index (χ1v) is 13.7. The summed E-state index contributed by atoms with van der Waals surface area (Å²) in [6.45, 7) is 2.14. The fraction of sp³-hybridized carbons (Fsp3) is 0.129. The van der Waals surface area contributed by atoms with Crippen molar-refractivity contribution >= 4 is 51.4 Å². The highest BCUT2D eigenvalue weighted by Gasteiger charge is 2.23. The number of hydrogen-bond donors (Lipinski definition) is 2. The van der Waals surface area contributed by atoms with Gasteiger partial charge in [0.1, 0.15) is 5.52 Å². The zero-order chi connectivity index (χ0) is 29.1. The molecule has 0 atom stereocenters. The minimum Gasteiger partial charge on any atom is -0.436 e. The summed E-state index contributed by atoms with van der Waals surface area (Å²) in [5.74, 6) is -0.0691. The molecule has 1 fully saturated rings. The van der Waals surface area contributed by atoms with Crippen molar-refractivity contribution in [2.24, 2.45) is 0 Å². The van der Waals surface area contributed by atoms with Gasteiger partial charge in [-0.2, -0.15) is 0 Å². The third-order valence-corrected chi connectivity index (χ3v) is 7.10. The van der Waals surface area contributed by atoms with Crippen LogP contribution in [0.5, 0.6) is 0 Å². The lowest BCUT2D eigenvalue weighted by Gasteiger charge is -2.30. The number of rotatable bonds is 6. The Kier molecular flexibility index (Phi) is 7.58. The van der Waals surface area contributed by atoms with Crippen LogP contribution in [0.1, 0.15) is 10.4 Å². The van der Waals surface area contributed by atoms with Crippen molar-refractivity contribution in [3.05, 3.63) is 107 Å². The fourth-order valence-electron chi connectivity index (χ4n) is 4.80. The number of aromatic nitrogens is 1. The number of carbonyl (C=O) groups is 1. The molecule has 1 amide bonds. The average molecular weight is 580 g/mol. The molecule has 0 saturated carbocycles. The number of carbonyl (C=O) groups excluding carboxylic acids is 1. The number of benzene rings is 4. The summed E-state index contributed by atoms with van der Waals surface area (Å²) in [4.78, 5) is 30.7. The second kappa shape index (κ2) is 11.8. The smallest absolute Gasteiger partial charge is 0.270 e. The zero-order valence-corrected chi connectivity index (χ0v) is 23.1. The van der Waals surface area contributed by atoms with Crippen molar-refractivity contribution in [2.45, 2.75) is 0 Å². The number of anilines is 2. The van der Waals surface area contributed by atoms with Crippen molar-refractivity contribution in [1.29, 1.82) is 0 Å². The van der Waals surface area contributed by atoms with Gasteiger partial charge in [-0.3, -0.25) is 20.2 Å². The highest BCUT2D eigenvalue weighted by atomic mass is 32.1. The Hall–Kier alpha value is -5.13. The Labute approximate surface area is 246 Å². The third kappa shape index (κ3) is 5.82. The average Bonchev–Trinajstić information content (AvgIpc) is 3.45. The number of nitrogens with one attached hydrogen (secondary N) is 2. The molecule has 0 aliphatic carbocycles. The molecule has 0 unspecified atom stereocenters. The van der Waals surface area contributed by atoms with Gasteiger partial charge in [0.25, 0.3) is 11.6 Å². The van der Waals surface area contributed by atoms with Crippen molar-refractivity contribution in [3.8, 4) is 22.6 Å². The maximum Gasteiger partial charge on any atom is 0.270 e. The number of morpholine rings is 1. The molecular formula is C31H25N5O5S. The van der Waals surface area contributed by atoms with Gasteiger partial charge in [-0.15, -0.1) is 0 Å². The molecule has 1 aliphatic heterocycles. The standard InChI is InChI=1S/C31H25N5O5S/c37-29(25-19-24(36(38)39)11-12-27(25)35-14-16-40-17-15-35)34-31(42)32-23-10-13-28-26(18-23)33-30(41-28)22-8-6-21(7-9-22)20-4-2-1-3-5-20/h1-13,18-19H,14-17H2,(H2,32,34,37,42). The van der Waals surface area contributed by atoms with Gasteiger partial charge in [0.15, 0.2) is 10.7 Å². The van der Waals surface area contributed by atoms with Crippen LogP contribution in [0.25, 0.3) is 33.7 Å². The number of nitrogens with zero attached hydrogens (tertiary/aromatic N) is 3. The summed E-state index contributed by atoms with van der Waals surface area (Å²) in [7, 11) is 0. The quantitative estimate of drug-likeness (QED) is 0.141. The van der Waals surface area contributed by atoms with E-state index in [0.717, 1.165) is 16.7 Å². The molecule has 2 heterocycles. The SMILES string of the molecule is O=C(NC(=S)Nc1ccc2oc(-c3ccc(-c4ccccc4)cc3)nc2c1)c1cc([N+](=O)[O-])ccc1N1CCOCC1. The number of oxazole rings is 1. The van der Waals surface area contributed by atoms with Crippen molar-refractivity contribution < 1.29 is 18.9 Å². The maximum absolute atomic E-state index is 13.2. The molecule has 42 heavy (non-hydrogen) atoms. The number of hydrogen-bond acceptors (Lipinski definition) is 8. The predicted molar refractivity (Wildman–Crippen MR) is 165 cm³/mol. The molecule has 1 aliphatic rings. The molecule has 210 valence electrons. The van der Waals surface area contributed by atoms with E-state index in [2.05, 4.69) is 27.8 Å². The van der Waals surface area contributed by atoms with E-state index in [1.54, 1.807) is 24.3 Å². The second-order valence-corrected chi connectivity index (χ2v) is 10.0. The molecule has 0 radical (unpaired) electrons. The maximum atomic E-state index is 13.2. The van der Waals surface area contributed by atoms with Gasteiger partial charge in [0.2, 0.25) is 5.89 Å². The molecule has 10 nitrogen and oxygen atoms in total. The lowest BCUT2D eigenvalue weighted by molar-refractivity contribution is -0.384. The Morgan fingerprint density at radius 3 is 2.36 bits per heavy atom. The van der Waals surface area contributed by atoms with Crippen molar-refractivity contribution in [2.75, 3.05) is 36.5 Å². The van der Waals surface area contributed by atoms with Crippen LogP contribution in [-0.4, -0.2) is 47.2 Å². The lowest BCUT2D eigenvalue weighted by atomic mass is 10.0. The number of thiocarbonyl (C=S) groups is 1. The number of non-ortho nitro benzene ring substituents is 1. The van der Waals surface area contributed by atoms with Crippen LogP contribution in [0.15, 0.2) is 95.4 Å². The summed E-state index contributed by atoms with van der Waals surface area (Å²) in [6, 6.07) is 27.6. The van der Waals surface area contributed by atoms with Crippen LogP contribution >= 0.6 is 12.2 Å². The molecule has 2 N–H and O–H groups in total. The summed E-state index contributed by atoms with van der Waals surface area (Å²) >= 11 is 5.40. The van der Waals surface area contributed by atoms with Crippen LogP contribution in [0.3, 0.4) is 0 Å². The first-order chi connectivity index (χ1) is 20.4. The van der Waals surface area contributed by atoms with Crippen LogP contribution in [0.4, 0.5) is 17.1 Å². The van der Waals surface area contributed by atoms with E-state index in [0.29, 0.717) is 54.7 Å². The third-order valence-electron chi connectivity index (χ3n) is 6.90. The Morgan fingerprint density at radius 2 is 1.62 bits per heavy atom. The largest absolute Gasteiger partial charge is 0.436 e. The molecule has 1 aromatic heterocycles. The van der Waals surface area contributed by atoms with E-state index in [-0.39, 0.29) is 16.4 Å². The Morgan fingerprint density at radius 1 is 0.905 bits per heavy atom. The predicted octanol–water partition coefficient (Wildman–Crippen LogP) is 6.03. The highest BCUT2D eigenvalue weighted by Crippen LogP contribution is 2.29. The van der Waals surface area contributed by atoms with Crippen LogP contribution < -0.4 is 15.5 Å². The van der Waals surface area contributed by atoms with E-state index in [1.807, 2.05) is 47.4 Å². The first-order valence-electron chi connectivity index (χ1n) is 13.2. The minimum atomic E-state index is -0.554. The summed E-state index contributed by atoms with van der Waals surface area (Å²) < 4.78 is 11.4. The van der Waals surface area contributed by atoms with E-state index in [4.69, 9.17) is 21.4 Å². The number of ether oxygens (including phenoxy) is 1. The van der Waals surface area contributed by atoms with E-state index < -0.39 is 10.8 Å². The topological polar surface area (TPSA) is 123 Å². The number of nitro benzene ring substituents is 1. The first kappa shape index (κ1) is 27.1. The van der Waals surface area contributed by atoms with E-state index in [9.17, 15) is 14.9 Å². The molecule has 11 heteroatoms. The molecule has 6 rings (SSSR count). The van der Waals surface area contributed by atoms with Crippen molar-refractivity contribution in [1.82, 2.24) is 10.3 Å². The lowest BCUT2D eigenvalue weighted by Crippen LogP contribution is -2.39.